The summed E-state index contributed by atoms with van der Waals surface area (Å²) in [5, 5.41) is 1.01. The highest BCUT2D eigenvalue weighted by Gasteiger charge is 2.14. The van der Waals surface area contributed by atoms with Gasteiger partial charge >= 0.3 is 0 Å². The molecule has 156 valence electrons. The fraction of sp³-hybridized carbons (Fsp3) is 0. The van der Waals surface area contributed by atoms with E-state index in [0.717, 1.165) is 37.5 Å². The van der Waals surface area contributed by atoms with Crippen LogP contribution in [0.3, 0.4) is 0 Å². The van der Waals surface area contributed by atoms with Gasteiger partial charge in [-0.1, -0.05) is 91.0 Å². The number of hydrogen-bond acceptors (Lipinski definition) is 5. The summed E-state index contributed by atoms with van der Waals surface area (Å²) in [6.45, 7) is 0. The van der Waals surface area contributed by atoms with Gasteiger partial charge in [-0.2, -0.15) is 0 Å². The van der Waals surface area contributed by atoms with Gasteiger partial charge < -0.3 is 0 Å². The molecule has 4 nitrogen and oxygen atoms in total. The summed E-state index contributed by atoms with van der Waals surface area (Å²) in [4.78, 5) is 19.3. The number of hydrogen-bond donors (Lipinski definition) is 0. The summed E-state index contributed by atoms with van der Waals surface area (Å²) in [7, 11) is 0. The minimum absolute atomic E-state index is 0.638. The Morgan fingerprint density at radius 2 is 0.909 bits per heavy atom. The monoisotopic (exact) mass is 442 g/mol. The van der Waals surface area contributed by atoms with E-state index in [2.05, 4.69) is 30.3 Å². The quantitative estimate of drug-likeness (QED) is 0.291. The standard InChI is InChI=1S/C28H18N4S/c1-4-10-19(11-5-1)25-30-26(20-12-6-2-7-13-20)32-27(31-25)22-16-17-24-23(18-22)29-28(33-24)21-14-8-3-9-15-21/h1-18H. The molecule has 0 fully saturated rings. The number of benzene rings is 4. The Morgan fingerprint density at radius 1 is 0.424 bits per heavy atom. The zero-order chi connectivity index (χ0) is 22.0. The van der Waals surface area contributed by atoms with Gasteiger partial charge in [0.1, 0.15) is 5.01 Å². The molecular formula is C28H18N4S. The van der Waals surface area contributed by atoms with Crippen LogP contribution < -0.4 is 0 Å². The van der Waals surface area contributed by atoms with Crippen LogP contribution in [0.4, 0.5) is 0 Å². The summed E-state index contributed by atoms with van der Waals surface area (Å²) < 4.78 is 1.14. The third-order valence-corrected chi connectivity index (χ3v) is 6.45. The second-order valence-electron chi connectivity index (χ2n) is 7.61. The minimum atomic E-state index is 0.638. The van der Waals surface area contributed by atoms with Gasteiger partial charge in [-0.25, -0.2) is 19.9 Å². The Bertz CT molecular complexity index is 1490. The molecule has 0 amide bonds. The van der Waals surface area contributed by atoms with Crippen LogP contribution >= 0.6 is 11.3 Å². The van der Waals surface area contributed by atoms with Gasteiger partial charge in [-0.3, -0.25) is 0 Å². The van der Waals surface area contributed by atoms with E-state index < -0.39 is 0 Å². The fourth-order valence-corrected chi connectivity index (χ4v) is 4.66. The number of thiazole rings is 1. The summed E-state index contributed by atoms with van der Waals surface area (Å²) in [5.41, 5.74) is 4.90. The van der Waals surface area contributed by atoms with Gasteiger partial charge in [-0.15, -0.1) is 11.3 Å². The summed E-state index contributed by atoms with van der Waals surface area (Å²) in [6, 6.07) is 36.5. The van der Waals surface area contributed by atoms with Crippen LogP contribution in [-0.4, -0.2) is 19.9 Å². The first-order valence-corrected chi connectivity index (χ1v) is 11.5. The first kappa shape index (κ1) is 19.5. The largest absolute Gasteiger partial charge is 0.236 e. The molecule has 5 heteroatoms. The third kappa shape index (κ3) is 3.90. The number of aromatic nitrogens is 4. The van der Waals surface area contributed by atoms with E-state index in [0.29, 0.717) is 17.5 Å². The van der Waals surface area contributed by atoms with Crippen LogP contribution in [0.15, 0.2) is 109 Å². The number of rotatable bonds is 4. The van der Waals surface area contributed by atoms with E-state index in [9.17, 15) is 0 Å². The van der Waals surface area contributed by atoms with Crippen LogP contribution in [0.2, 0.25) is 0 Å². The van der Waals surface area contributed by atoms with Gasteiger partial charge in [0.25, 0.3) is 0 Å². The van der Waals surface area contributed by atoms with Crippen molar-refractivity contribution in [2.75, 3.05) is 0 Å². The molecular weight excluding hydrogens is 424 g/mol. The molecule has 0 saturated carbocycles. The number of nitrogens with zero attached hydrogens (tertiary/aromatic N) is 4. The van der Waals surface area contributed by atoms with Gasteiger partial charge in [0.05, 0.1) is 10.2 Å². The van der Waals surface area contributed by atoms with Crippen molar-refractivity contribution >= 4 is 21.6 Å². The molecule has 0 saturated heterocycles. The van der Waals surface area contributed by atoms with Gasteiger partial charge in [0.15, 0.2) is 17.5 Å². The summed E-state index contributed by atoms with van der Waals surface area (Å²) in [5.74, 6) is 1.95. The molecule has 6 rings (SSSR count). The molecule has 0 aliphatic rings. The van der Waals surface area contributed by atoms with Crippen LogP contribution in [0.25, 0.3) is 55.0 Å². The van der Waals surface area contributed by atoms with Crippen molar-refractivity contribution in [3.63, 3.8) is 0 Å². The smallest absolute Gasteiger partial charge is 0.164 e. The average molecular weight is 443 g/mol. The molecule has 2 aromatic heterocycles. The molecule has 0 aliphatic carbocycles. The van der Waals surface area contributed by atoms with Crippen LogP contribution in [0.5, 0.6) is 0 Å². The zero-order valence-corrected chi connectivity index (χ0v) is 18.4. The maximum absolute atomic E-state index is 4.88. The average Bonchev–Trinajstić information content (AvgIpc) is 3.34. The lowest BCUT2D eigenvalue weighted by Gasteiger charge is -2.08. The SMILES string of the molecule is c1ccc(-c2nc(-c3ccccc3)nc(-c3ccc4sc(-c5ccccc5)nc4c3)n2)cc1. The lowest BCUT2D eigenvalue weighted by molar-refractivity contribution is 1.07. The first-order chi connectivity index (χ1) is 16.3. The van der Waals surface area contributed by atoms with E-state index in [4.69, 9.17) is 19.9 Å². The van der Waals surface area contributed by atoms with Crippen LogP contribution in [-0.2, 0) is 0 Å². The molecule has 0 N–H and O–H groups in total. The van der Waals surface area contributed by atoms with Crippen molar-refractivity contribution in [2.24, 2.45) is 0 Å². The van der Waals surface area contributed by atoms with Crippen LogP contribution in [0, 0.1) is 0 Å². The normalized spacial score (nSPS) is 11.0. The van der Waals surface area contributed by atoms with Crippen molar-refractivity contribution in [1.82, 2.24) is 19.9 Å². The van der Waals surface area contributed by atoms with Gasteiger partial charge in [0.2, 0.25) is 0 Å². The van der Waals surface area contributed by atoms with Crippen molar-refractivity contribution in [1.29, 1.82) is 0 Å². The predicted molar refractivity (Wildman–Crippen MR) is 135 cm³/mol. The Hall–Kier alpha value is -4.22. The highest BCUT2D eigenvalue weighted by molar-refractivity contribution is 7.21. The Kier molecular flexibility index (Phi) is 4.94. The molecule has 2 heterocycles. The molecule has 0 radical (unpaired) electrons. The molecule has 6 aromatic rings. The van der Waals surface area contributed by atoms with E-state index in [-0.39, 0.29) is 0 Å². The Morgan fingerprint density at radius 3 is 1.45 bits per heavy atom. The van der Waals surface area contributed by atoms with Crippen LogP contribution in [0.1, 0.15) is 0 Å². The summed E-state index contributed by atoms with van der Waals surface area (Å²) in [6.07, 6.45) is 0. The number of fused-ring (bicyclic) bond motifs is 1. The second kappa shape index (κ2) is 8.37. The van der Waals surface area contributed by atoms with Crippen molar-refractivity contribution in [3.05, 3.63) is 109 Å². The van der Waals surface area contributed by atoms with Gasteiger partial charge in [-0.05, 0) is 18.2 Å². The third-order valence-electron chi connectivity index (χ3n) is 5.37. The van der Waals surface area contributed by atoms with E-state index in [1.54, 1.807) is 11.3 Å². The van der Waals surface area contributed by atoms with E-state index in [1.165, 1.54) is 0 Å². The lowest BCUT2D eigenvalue weighted by atomic mass is 10.1. The van der Waals surface area contributed by atoms with Crippen molar-refractivity contribution < 1.29 is 0 Å². The van der Waals surface area contributed by atoms with E-state index >= 15 is 0 Å². The van der Waals surface area contributed by atoms with Crippen molar-refractivity contribution in [3.8, 4) is 44.7 Å². The van der Waals surface area contributed by atoms with Crippen molar-refractivity contribution in [2.45, 2.75) is 0 Å². The first-order valence-electron chi connectivity index (χ1n) is 10.7. The molecule has 4 aromatic carbocycles. The molecule has 0 bridgehead atoms. The maximum atomic E-state index is 4.88. The highest BCUT2D eigenvalue weighted by atomic mass is 32.1. The molecule has 0 aliphatic heterocycles. The van der Waals surface area contributed by atoms with Gasteiger partial charge in [0, 0.05) is 22.3 Å². The second-order valence-corrected chi connectivity index (χ2v) is 8.64. The zero-order valence-electron chi connectivity index (χ0n) is 17.6. The topological polar surface area (TPSA) is 51.6 Å². The maximum Gasteiger partial charge on any atom is 0.164 e. The van der Waals surface area contributed by atoms with E-state index in [1.807, 2.05) is 78.9 Å². The fourth-order valence-electron chi connectivity index (χ4n) is 3.71. The Labute approximate surface area is 195 Å². The molecule has 0 atom stereocenters. The molecule has 0 unspecified atom stereocenters. The molecule has 0 spiro atoms. The predicted octanol–water partition coefficient (Wildman–Crippen LogP) is 7.15. The summed E-state index contributed by atoms with van der Waals surface area (Å²) >= 11 is 1.69. The lowest BCUT2D eigenvalue weighted by Crippen LogP contribution is -2.00. The highest BCUT2D eigenvalue weighted by Crippen LogP contribution is 2.33. The minimum Gasteiger partial charge on any atom is -0.236 e. The molecule has 33 heavy (non-hydrogen) atoms. The Balaban J connectivity index is 1.49.